The molecule has 1 aromatic carbocycles. The number of halogens is 2. The van der Waals surface area contributed by atoms with Crippen molar-refractivity contribution in [3.8, 4) is 6.07 Å². The molecule has 0 saturated heterocycles. The van der Waals surface area contributed by atoms with Gasteiger partial charge in [0.15, 0.2) is 11.6 Å². The number of hydrogen-bond donors (Lipinski definition) is 1. The first-order chi connectivity index (χ1) is 13.5. The lowest BCUT2D eigenvalue weighted by molar-refractivity contribution is 0.0646. The Morgan fingerprint density at radius 1 is 1.29 bits per heavy atom. The van der Waals surface area contributed by atoms with Gasteiger partial charge in [0.25, 0.3) is 11.8 Å². The summed E-state index contributed by atoms with van der Waals surface area (Å²) < 4.78 is 14.3. The molecule has 0 bridgehead atoms. The second-order valence-corrected chi connectivity index (χ2v) is 6.88. The topological polar surface area (TPSA) is 86.1 Å². The monoisotopic (exact) mass is 400 g/mol. The molecule has 2 aromatic rings. The highest BCUT2D eigenvalue weighted by Gasteiger charge is 2.36. The van der Waals surface area contributed by atoms with Gasteiger partial charge in [0, 0.05) is 12.6 Å². The molecule has 28 heavy (non-hydrogen) atoms. The van der Waals surface area contributed by atoms with E-state index in [-0.39, 0.29) is 34.9 Å². The minimum Gasteiger partial charge on any atom is -0.363 e. The van der Waals surface area contributed by atoms with Gasteiger partial charge in [-0.1, -0.05) is 43.5 Å². The molecule has 6 nitrogen and oxygen atoms in total. The van der Waals surface area contributed by atoms with Gasteiger partial charge in [0.05, 0.1) is 16.7 Å². The zero-order chi connectivity index (χ0) is 20.3. The van der Waals surface area contributed by atoms with Gasteiger partial charge in [-0.15, -0.1) is 0 Å². The second-order valence-electron chi connectivity index (χ2n) is 6.52. The summed E-state index contributed by atoms with van der Waals surface area (Å²) in [6, 6.07) is 9.02. The molecule has 1 aromatic heterocycles. The first-order valence-corrected chi connectivity index (χ1v) is 9.32. The molecule has 2 heterocycles. The Bertz CT molecular complexity index is 938. The summed E-state index contributed by atoms with van der Waals surface area (Å²) in [7, 11) is 0. The van der Waals surface area contributed by atoms with Gasteiger partial charge in [-0.25, -0.2) is 9.37 Å². The first kappa shape index (κ1) is 19.8. The maximum absolute atomic E-state index is 14.3. The molecule has 144 valence electrons. The smallest absolute Gasteiger partial charge is 0.261 e. The lowest BCUT2D eigenvalue weighted by Gasteiger charge is -2.24. The van der Waals surface area contributed by atoms with Crippen LogP contribution in [0.1, 0.15) is 52.5 Å². The van der Waals surface area contributed by atoms with Crippen molar-refractivity contribution >= 4 is 29.2 Å². The molecule has 0 saturated carbocycles. The first-order valence-electron chi connectivity index (χ1n) is 8.94. The van der Waals surface area contributed by atoms with Gasteiger partial charge in [-0.2, -0.15) is 5.26 Å². The van der Waals surface area contributed by atoms with Gasteiger partial charge in [0.2, 0.25) is 0 Å². The van der Waals surface area contributed by atoms with Crippen molar-refractivity contribution < 1.29 is 14.0 Å². The fourth-order valence-corrected chi connectivity index (χ4v) is 3.31. The molecule has 1 N–H and O–H groups in total. The van der Waals surface area contributed by atoms with E-state index in [1.165, 1.54) is 4.90 Å². The van der Waals surface area contributed by atoms with Gasteiger partial charge in [0.1, 0.15) is 11.2 Å². The number of nitriles is 1. The number of carbonyl (C=O) groups is 2. The predicted octanol–water partition coefficient (Wildman–Crippen LogP) is 4.01. The van der Waals surface area contributed by atoms with Crippen LogP contribution in [0.4, 0.5) is 10.2 Å². The second kappa shape index (κ2) is 8.36. The molecule has 2 amide bonds. The summed E-state index contributed by atoms with van der Waals surface area (Å²) in [5.74, 6) is -1.56. The Morgan fingerprint density at radius 3 is 2.50 bits per heavy atom. The van der Waals surface area contributed by atoms with E-state index in [4.69, 9.17) is 16.9 Å². The third-order valence-corrected chi connectivity index (χ3v) is 4.87. The quantitative estimate of drug-likeness (QED) is 0.560. The molecule has 0 fully saturated rings. The van der Waals surface area contributed by atoms with E-state index in [9.17, 15) is 14.0 Å². The number of aromatic nitrogens is 1. The highest BCUT2D eigenvalue weighted by Crippen LogP contribution is 2.25. The average molecular weight is 401 g/mol. The van der Waals surface area contributed by atoms with E-state index in [0.29, 0.717) is 17.5 Å². The fraction of sp³-hybridized carbons (Fsp3) is 0.300. The van der Waals surface area contributed by atoms with Gasteiger partial charge < -0.3 is 5.32 Å². The Hall–Kier alpha value is -2.98. The molecule has 0 radical (unpaired) electrons. The molecule has 3 rings (SSSR count). The third kappa shape index (κ3) is 3.82. The minimum atomic E-state index is -0.718. The number of hydrogen-bond acceptors (Lipinski definition) is 5. The molecular formula is C20H18ClFN4O2. The van der Waals surface area contributed by atoms with E-state index < -0.39 is 11.9 Å². The van der Waals surface area contributed by atoms with Crippen molar-refractivity contribution in [2.24, 2.45) is 0 Å². The van der Waals surface area contributed by atoms with Crippen LogP contribution in [-0.2, 0) is 0 Å². The van der Waals surface area contributed by atoms with Crippen LogP contribution in [0, 0.1) is 17.1 Å². The zero-order valence-electron chi connectivity index (χ0n) is 15.2. The Kier molecular flexibility index (Phi) is 5.90. The van der Waals surface area contributed by atoms with E-state index in [0.717, 1.165) is 18.9 Å². The van der Waals surface area contributed by atoms with Crippen molar-refractivity contribution in [3.63, 3.8) is 0 Å². The summed E-state index contributed by atoms with van der Waals surface area (Å²) in [5, 5.41) is 11.8. The molecule has 1 aliphatic heterocycles. The molecule has 0 unspecified atom stereocenters. The Labute approximate surface area is 166 Å². The van der Waals surface area contributed by atoms with Crippen LogP contribution < -0.4 is 5.32 Å². The number of anilines is 1. The molecular weight excluding hydrogens is 383 g/mol. The van der Waals surface area contributed by atoms with Gasteiger partial charge >= 0.3 is 0 Å². The molecule has 0 spiro atoms. The number of carbonyl (C=O) groups excluding carboxylic acids is 2. The summed E-state index contributed by atoms with van der Waals surface area (Å²) >= 11 is 5.91. The largest absolute Gasteiger partial charge is 0.363 e. The fourth-order valence-electron chi connectivity index (χ4n) is 3.12. The van der Waals surface area contributed by atoms with E-state index in [1.54, 1.807) is 30.3 Å². The minimum absolute atomic E-state index is 0.0600. The summed E-state index contributed by atoms with van der Waals surface area (Å²) in [4.78, 5) is 30.3. The SMILES string of the molecule is CCCC[C@H](CN1C(=O)c2ccccc2C1=O)Nc1nc(Cl)c(C#N)cc1F. The number of amides is 2. The van der Waals surface area contributed by atoms with E-state index in [2.05, 4.69) is 10.3 Å². The Morgan fingerprint density at radius 2 is 1.93 bits per heavy atom. The molecule has 8 heteroatoms. The zero-order valence-corrected chi connectivity index (χ0v) is 16.0. The number of benzene rings is 1. The van der Waals surface area contributed by atoms with Crippen LogP contribution in [0.25, 0.3) is 0 Å². The number of rotatable bonds is 7. The number of fused-ring (bicyclic) bond motifs is 1. The van der Waals surface area contributed by atoms with Crippen LogP contribution >= 0.6 is 11.6 Å². The van der Waals surface area contributed by atoms with Crippen molar-refractivity contribution in [1.29, 1.82) is 5.26 Å². The van der Waals surface area contributed by atoms with Crippen molar-refractivity contribution in [3.05, 3.63) is 58.0 Å². The third-order valence-electron chi connectivity index (χ3n) is 4.58. The van der Waals surface area contributed by atoms with Crippen molar-refractivity contribution in [2.45, 2.75) is 32.2 Å². The number of nitrogens with one attached hydrogen (secondary N) is 1. The number of unbranched alkanes of at least 4 members (excludes halogenated alkanes) is 1. The van der Waals surface area contributed by atoms with Crippen LogP contribution in [0.5, 0.6) is 0 Å². The predicted molar refractivity (Wildman–Crippen MR) is 103 cm³/mol. The number of nitrogens with zero attached hydrogens (tertiary/aromatic N) is 3. The van der Waals surface area contributed by atoms with Crippen molar-refractivity contribution in [2.75, 3.05) is 11.9 Å². The highest BCUT2D eigenvalue weighted by atomic mass is 35.5. The van der Waals surface area contributed by atoms with Crippen LogP contribution in [-0.4, -0.2) is 34.3 Å². The maximum atomic E-state index is 14.3. The molecule has 0 aliphatic carbocycles. The van der Waals surface area contributed by atoms with Crippen LogP contribution in [0.15, 0.2) is 30.3 Å². The lowest BCUT2D eigenvalue weighted by atomic mass is 10.1. The van der Waals surface area contributed by atoms with E-state index >= 15 is 0 Å². The molecule has 1 aliphatic rings. The Balaban J connectivity index is 1.82. The summed E-state index contributed by atoms with van der Waals surface area (Å²) in [6.07, 6.45) is 2.31. The number of imide groups is 1. The van der Waals surface area contributed by atoms with Gasteiger partial charge in [-0.3, -0.25) is 14.5 Å². The molecule has 1 atom stereocenters. The van der Waals surface area contributed by atoms with Crippen LogP contribution in [0.2, 0.25) is 5.15 Å². The highest BCUT2D eigenvalue weighted by molar-refractivity contribution is 6.30. The van der Waals surface area contributed by atoms with Crippen LogP contribution in [0.3, 0.4) is 0 Å². The standard InChI is InChI=1S/C20H18ClFN4O2/c1-2-3-6-13(24-18-16(22)9-12(10-23)17(21)25-18)11-26-19(27)14-7-4-5-8-15(14)20(26)28/h4-5,7-9,13H,2-3,6,11H2,1H3,(H,24,25)/t13-/m1/s1. The van der Waals surface area contributed by atoms with Gasteiger partial charge in [-0.05, 0) is 24.6 Å². The summed E-state index contributed by atoms with van der Waals surface area (Å²) in [6.45, 7) is 2.08. The lowest BCUT2D eigenvalue weighted by Crippen LogP contribution is -2.40. The number of pyridine rings is 1. The van der Waals surface area contributed by atoms with E-state index in [1.807, 2.05) is 6.92 Å². The maximum Gasteiger partial charge on any atom is 0.261 e. The average Bonchev–Trinajstić information content (AvgIpc) is 2.93. The summed E-state index contributed by atoms with van der Waals surface area (Å²) in [5.41, 5.74) is 0.676. The normalized spacial score (nSPS) is 14.0. The van der Waals surface area contributed by atoms with Crippen molar-refractivity contribution in [1.82, 2.24) is 9.88 Å².